The number of amides is 1. The molecule has 0 bridgehead atoms. The molecule has 0 saturated heterocycles. The Morgan fingerprint density at radius 3 is 2.37 bits per heavy atom. The minimum atomic E-state index is -4.39. The molecule has 0 saturated carbocycles. The second-order valence-corrected chi connectivity index (χ2v) is 4.79. The molecule has 1 N–H and O–H groups in total. The summed E-state index contributed by atoms with van der Waals surface area (Å²) in [6.07, 6.45) is -2.71. The van der Waals surface area contributed by atoms with Gasteiger partial charge in [0.25, 0.3) is 5.91 Å². The van der Waals surface area contributed by atoms with Crippen molar-refractivity contribution in [3.05, 3.63) is 35.4 Å². The highest BCUT2D eigenvalue weighted by molar-refractivity contribution is 6.20. The molecule has 0 fully saturated rings. The van der Waals surface area contributed by atoms with Crippen molar-refractivity contribution in [3.8, 4) is 0 Å². The van der Waals surface area contributed by atoms with Gasteiger partial charge in [-0.2, -0.15) is 13.2 Å². The lowest BCUT2D eigenvalue weighted by Gasteiger charge is -2.10. The monoisotopic (exact) mass is 293 g/mol. The van der Waals surface area contributed by atoms with Crippen LogP contribution >= 0.6 is 11.6 Å². The molecule has 0 aliphatic heterocycles. The maximum Gasteiger partial charge on any atom is 0.416 e. The van der Waals surface area contributed by atoms with Crippen molar-refractivity contribution in [1.29, 1.82) is 0 Å². The average molecular weight is 294 g/mol. The highest BCUT2D eigenvalue weighted by Gasteiger charge is 2.30. The Labute approximate surface area is 114 Å². The molecule has 106 valence electrons. The summed E-state index contributed by atoms with van der Waals surface area (Å²) in [7, 11) is 0. The summed E-state index contributed by atoms with van der Waals surface area (Å²) >= 11 is 5.93. The van der Waals surface area contributed by atoms with Crippen molar-refractivity contribution in [2.45, 2.75) is 31.3 Å². The van der Waals surface area contributed by atoms with E-state index >= 15 is 0 Å². The van der Waals surface area contributed by atoms with Crippen molar-refractivity contribution in [1.82, 2.24) is 5.32 Å². The zero-order valence-corrected chi connectivity index (χ0v) is 11.2. The van der Waals surface area contributed by atoms with Crippen molar-refractivity contribution in [3.63, 3.8) is 0 Å². The van der Waals surface area contributed by atoms with Gasteiger partial charge in [-0.05, 0) is 30.7 Å². The molecule has 0 spiro atoms. The van der Waals surface area contributed by atoms with E-state index < -0.39 is 17.6 Å². The topological polar surface area (TPSA) is 29.1 Å². The lowest BCUT2D eigenvalue weighted by atomic mass is 10.1. The van der Waals surface area contributed by atoms with Gasteiger partial charge in [-0.15, -0.1) is 11.6 Å². The molecule has 0 aliphatic rings. The standard InChI is InChI=1S/C13H15ClF3NO/c1-2-3-11(14)8-18-12(19)9-4-6-10(7-5-9)13(15,16)17/h4-7,11H,2-3,8H2,1H3,(H,18,19). The van der Waals surface area contributed by atoms with Crippen LogP contribution in [0.2, 0.25) is 0 Å². The molecular formula is C13H15ClF3NO. The number of carbonyl (C=O) groups is 1. The number of hydrogen-bond acceptors (Lipinski definition) is 1. The van der Waals surface area contributed by atoms with Crippen LogP contribution in [0.4, 0.5) is 13.2 Å². The molecule has 1 atom stereocenters. The first kappa shape index (κ1) is 15.8. The first-order chi connectivity index (χ1) is 8.84. The molecule has 1 unspecified atom stereocenters. The number of benzene rings is 1. The van der Waals surface area contributed by atoms with Gasteiger partial charge in [0.1, 0.15) is 0 Å². The summed E-state index contributed by atoms with van der Waals surface area (Å²) in [5.74, 6) is -0.421. The van der Waals surface area contributed by atoms with E-state index in [0.29, 0.717) is 6.54 Å². The zero-order valence-electron chi connectivity index (χ0n) is 10.4. The predicted molar refractivity (Wildman–Crippen MR) is 68.3 cm³/mol. The summed E-state index contributed by atoms with van der Waals surface area (Å²) in [4.78, 5) is 11.7. The van der Waals surface area contributed by atoms with E-state index in [9.17, 15) is 18.0 Å². The van der Waals surface area contributed by atoms with E-state index in [-0.39, 0.29) is 10.9 Å². The van der Waals surface area contributed by atoms with Gasteiger partial charge in [0.2, 0.25) is 0 Å². The lowest BCUT2D eigenvalue weighted by Crippen LogP contribution is -2.29. The van der Waals surface area contributed by atoms with E-state index in [1.807, 2.05) is 6.92 Å². The van der Waals surface area contributed by atoms with Gasteiger partial charge in [-0.3, -0.25) is 4.79 Å². The van der Waals surface area contributed by atoms with Crippen LogP contribution < -0.4 is 5.32 Å². The third-order valence-electron chi connectivity index (χ3n) is 2.56. The Balaban J connectivity index is 2.59. The van der Waals surface area contributed by atoms with E-state index in [1.54, 1.807) is 0 Å². The average Bonchev–Trinajstić information content (AvgIpc) is 2.35. The first-order valence-electron chi connectivity index (χ1n) is 5.94. The summed E-state index contributed by atoms with van der Waals surface area (Å²) < 4.78 is 37.0. The molecule has 1 amide bonds. The minimum absolute atomic E-state index is 0.164. The van der Waals surface area contributed by atoms with E-state index in [4.69, 9.17) is 11.6 Å². The molecule has 0 aliphatic carbocycles. The summed E-state index contributed by atoms with van der Waals surface area (Å²) in [5, 5.41) is 2.43. The Kier molecular flexibility index (Phi) is 5.66. The summed E-state index contributed by atoms with van der Waals surface area (Å²) in [5.41, 5.74) is -0.585. The van der Waals surface area contributed by atoms with Crippen LogP contribution in [0.25, 0.3) is 0 Å². The number of halogens is 4. The molecule has 0 radical (unpaired) electrons. The van der Waals surface area contributed by atoms with Crippen LogP contribution in [0.15, 0.2) is 24.3 Å². The maximum atomic E-state index is 12.3. The molecule has 0 aromatic heterocycles. The summed E-state index contributed by atoms with van der Waals surface area (Å²) in [6.45, 7) is 2.28. The summed E-state index contributed by atoms with van der Waals surface area (Å²) in [6, 6.07) is 4.08. The van der Waals surface area contributed by atoms with Crippen LogP contribution in [0.1, 0.15) is 35.7 Å². The second-order valence-electron chi connectivity index (χ2n) is 4.17. The lowest BCUT2D eigenvalue weighted by molar-refractivity contribution is -0.137. The Hall–Kier alpha value is -1.23. The maximum absolute atomic E-state index is 12.3. The molecule has 2 nitrogen and oxygen atoms in total. The molecule has 19 heavy (non-hydrogen) atoms. The van der Waals surface area contributed by atoms with Gasteiger partial charge in [0.15, 0.2) is 0 Å². The third kappa shape index (κ3) is 5.11. The van der Waals surface area contributed by atoms with Crippen LogP contribution in [-0.2, 0) is 6.18 Å². The Bertz CT molecular complexity index is 417. The van der Waals surface area contributed by atoms with Gasteiger partial charge in [-0.1, -0.05) is 13.3 Å². The molecule has 1 aromatic carbocycles. The van der Waals surface area contributed by atoms with Gasteiger partial charge < -0.3 is 5.32 Å². The Morgan fingerprint density at radius 1 is 1.32 bits per heavy atom. The number of alkyl halides is 4. The highest BCUT2D eigenvalue weighted by atomic mass is 35.5. The Morgan fingerprint density at radius 2 is 1.89 bits per heavy atom. The molecule has 1 aromatic rings. The van der Waals surface area contributed by atoms with Crippen molar-refractivity contribution in [2.75, 3.05) is 6.54 Å². The van der Waals surface area contributed by atoms with E-state index in [0.717, 1.165) is 37.1 Å². The minimum Gasteiger partial charge on any atom is -0.351 e. The molecule has 6 heteroatoms. The number of rotatable bonds is 5. The fourth-order valence-corrected chi connectivity index (χ4v) is 1.83. The van der Waals surface area contributed by atoms with Gasteiger partial charge >= 0.3 is 6.18 Å². The fourth-order valence-electron chi connectivity index (χ4n) is 1.53. The van der Waals surface area contributed by atoms with Gasteiger partial charge in [0, 0.05) is 12.1 Å². The number of nitrogens with one attached hydrogen (secondary N) is 1. The smallest absolute Gasteiger partial charge is 0.351 e. The quantitative estimate of drug-likeness (QED) is 0.821. The second kappa shape index (κ2) is 6.80. The fraction of sp³-hybridized carbons (Fsp3) is 0.462. The van der Waals surface area contributed by atoms with Crippen LogP contribution in [-0.4, -0.2) is 17.8 Å². The highest BCUT2D eigenvalue weighted by Crippen LogP contribution is 2.29. The van der Waals surface area contributed by atoms with Crippen molar-refractivity contribution >= 4 is 17.5 Å². The van der Waals surface area contributed by atoms with Gasteiger partial charge in [-0.25, -0.2) is 0 Å². The van der Waals surface area contributed by atoms with Crippen molar-refractivity contribution < 1.29 is 18.0 Å². The molecule has 0 heterocycles. The van der Waals surface area contributed by atoms with E-state index in [1.165, 1.54) is 0 Å². The molecular weight excluding hydrogens is 279 g/mol. The normalized spacial score (nSPS) is 13.1. The largest absolute Gasteiger partial charge is 0.416 e. The van der Waals surface area contributed by atoms with Crippen LogP contribution in [0.5, 0.6) is 0 Å². The molecule has 1 rings (SSSR count). The zero-order chi connectivity index (χ0) is 14.5. The SMILES string of the molecule is CCCC(Cl)CNC(=O)c1ccc(C(F)(F)F)cc1. The number of hydrogen-bond donors (Lipinski definition) is 1. The number of carbonyl (C=O) groups excluding carboxylic acids is 1. The predicted octanol–water partition coefficient (Wildman–Crippen LogP) is 3.84. The van der Waals surface area contributed by atoms with E-state index in [2.05, 4.69) is 5.32 Å². The van der Waals surface area contributed by atoms with Crippen molar-refractivity contribution in [2.24, 2.45) is 0 Å². The third-order valence-corrected chi connectivity index (χ3v) is 2.93. The van der Waals surface area contributed by atoms with Crippen LogP contribution in [0, 0.1) is 0 Å². The van der Waals surface area contributed by atoms with Crippen LogP contribution in [0.3, 0.4) is 0 Å². The first-order valence-corrected chi connectivity index (χ1v) is 6.37. The van der Waals surface area contributed by atoms with Gasteiger partial charge in [0.05, 0.1) is 10.9 Å².